The van der Waals surface area contributed by atoms with Crippen molar-refractivity contribution in [3.63, 3.8) is 0 Å². The molecule has 0 aromatic rings. The standard InChI is InChI=1S/C59H90O6/c1-4-7-10-13-16-19-22-25-27-29-30-32-34-37-40-43-46-49-52-58(61)64-55-56(54-63-57(60)51-48-45-42-39-36-33-24-21-18-15-12-9-6-3)65-59(62)53-50-47-44-41-38-35-31-28-26-23-20-17-14-11-8-5-2/h8-9,11-12,15,17-18,20-22,24-30,32-33,35-36,38,44,47,56H,4-7,10,13-14,16,19,23,31,34,37,39-43,45-46,48-55H2,1-3H3/b11-8-,12-9-,18-15-,20-17-,24-21-,25-22-,28-26-,29-27-,32-30-,36-33-,38-35-,47-44-. The topological polar surface area (TPSA) is 78.9 Å². The Morgan fingerprint density at radius 2 is 0.708 bits per heavy atom. The second kappa shape index (κ2) is 51.9. The molecule has 0 N–H and O–H groups in total. The van der Waals surface area contributed by atoms with Crippen LogP contribution in [0, 0.1) is 0 Å². The molecule has 0 aliphatic rings. The number of esters is 3. The van der Waals surface area contributed by atoms with E-state index >= 15 is 0 Å². The van der Waals surface area contributed by atoms with Gasteiger partial charge in [-0.25, -0.2) is 0 Å². The lowest BCUT2D eigenvalue weighted by Crippen LogP contribution is -2.30. The second-order valence-electron chi connectivity index (χ2n) is 16.1. The van der Waals surface area contributed by atoms with Crippen LogP contribution < -0.4 is 0 Å². The summed E-state index contributed by atoms with van der Waals surface area (Å²) in [6, 6.07) is 0. The number of hydrogen-bond acceptors (Lipinski definition) is 6. The Kier molecular flexibility index (Phi) is 48.2. The van der Waals surface area contributed by atoms with Gasteiger partial charge in [0.1, 0.15) is 13.2 Å². The zero-order valence-corrected chi connectivity index (χ0v) is 41.2. The summed E-state index contributed by atoms with van der Waals surface area (Å²) in [6.07, 6.45) is 74.1. The van der Waals surface area contributed by atoms with Crippen molar-refractivity contribution < 1.29 is 28.6 Å². The number of rotatable bonds is 43. The minimum absolute atomic E-state index is 0.138. The first-order valence-corrected chi connectivity index (χ1v) is 25.4. The van der Waals surface area contributed by atoms with Gasteiger partial charge in [0.25, 0.3) is 0 Å². The molecular formula is C59H90O6. The van der Waals surface area contributed by atoms with E-state index in [4.69, 9.17) is 14.2 Å². The summed E-state index contributed by atoms with van der Waals surface area (Å²) in [7, 11) is 0. The van der Waals surface area contributed by atoms with Gasteiger partial charge in [0, 0.05) is 19.3 Å². The molecule has 362 valence electrons. The molecule has 1 atom stereocenters. The van der Waals surface area contributed by atoms with Crippen molar-refractivity contribution in [3.8, 4) is 0 Å². The molecule has 6 nitrogen and oxygen atoms in total. The number of carbonyl (C=O) groups is 3. The van der Waals surface area contributed by atoms with Gasteiger partial charge < -0.3 is 14.2 Å². The number of ether oxygens (including phenoxy) is 3. The Labute approximate surface area is 397 Å². The molecule has 0 radical (unpaired) electrons. The predicted molar refractivity (Wildman–Crippen MR) is 279 cm³/mol. The van der Waals surface area contributed by atoms with Gasteiger partial charge in [-0.3, -0.25) is 14.4 Å². The van der Waals surface area contributed by atoms with Crippen LogP contribution in [0.1, 0.15) is 188 Å². The van der Waals surface area contributed by atoms with Crippen molar-refractivity contribution in [1.82, 2.24) is 0 Å². The normalized spacial score (nSPS) is 13.3. The Balaban J connectivity index is 4.62. The van der Waals surface area contributed by atoms with Gasteiger partial charge in [-0.2, -0.15) is 0 Å². The Morgan fingerprint density at radius 3 is 1.17 bits per heavy atom. The summed E-state index contributed by atoms with van der Waals surface area (Å²) in [6.45, 7) is 6.22. The van der Waals surface area contributed by atoms with Crippen molar-refractivity contribution in [1.29, 1.82) is 0 Å². The summed E-state index contributed by atoms with van der Waals surface area (Å²) in [5.41, 5.74) is 0. The lowest BCUT2D eigenvalue weighted by molar-refractivity contribution is -0.166. The van der Waals surface area contributed by atoms with E-state index in [1.54, 1.807) is 0 Å². The van der Waals surface area contributed by atoms with E-state index in [0.29, 0.717) is 19.3 Å². The van der Waals surface area contributed by atoms with Gasteiger partial charge in [0.05, 0.1) is 0 Å². The zero-order chi connectivity index (χ0) is 47.2. The van der Waals surface area contributed by atoms with Crippen molar-refractivity contribution in [2.75, 3.05) is 13.2 Å². The van der Waals surface area contributed by atoms with Gasteiger partial charge in [-0.15, -0.1) is 0 Å². The molecule has 65 heavy (non-hydrogen) atoms. The molecule has 0 spiro atoms. The minimum Gasteiger partial charge on any atom is -0.462 e. The van der Waals surface area contributed by atoms with E-state index in [1.165, 1.54) is 32.1 Å². The van der Waals surface area contributed by atoms with Crippen molar-refractivity contribution in [2.24, 2.45) is 0 Å². The van der Waals surface area contributed by atoms with Crippen LogP contribution in [-0.2, 0) is 28.6 Å². The fourth-order valence-corrected chi connectivity index (χ4v) is 6.21. The average Bonchev–Trinajstić information content (AvgIpc) is 3.30. The molecular weight excluding hydrogens is 805 g/mol. The quantitative estimate of drug-likeness (QED) is 0.0199. The zero-order valence-electron chi connectivity index (χ0n) is 41.2. The third-order valence-corrected chi connectivity index (χ3v) is 9.98. The number of unbranched alkanes of at least 4 members (excludes halogenated alkanes) is 13. The first-order chi connectivity index (χ1) is 32.0. The maximum atomic E-state index is 12.8. The van der Waals surface area contributed by atoms with Gasteiger partial charge in [-0.1, -0.05) is 218 Å². The molecule has 6 heteroatoms. The molecule has 0 saturated carbocycles. The summed E-state index contributed by atoms with van der Waals surface area (Å²) >= 11 is 0. The molecule has 0 rings (SSSR count). The first kappa shape index (κ1) is 60.3. The highest BCUT2D eigenvalue weighted by Gasteiger charge is 2.19. The van der Waals surface area contributed by atoms with Crippen LogP contribution in [0.2, 0.25) is 0 Å². The summed E-state index contributed by atoms with van der Waals surface area (Å²) in [4.78, 5) is 37.9. The molecule has 0 aliphatic carbocycles. The van der Waals surface area contributed by atoms with Crippen LogP contribution in [0.15, 0.2) is 146 Å². The van der Waals surface area contributed by atoms with Gasteiger partial charge in [0.2, 0.25) is 0 Å². The fourth-order valence-electron chi connectivity index (χ4n) is 6.21. The number of allylic oxidation sites excluding steroid dienone is 24. The van der Waals surface area contributed by atoms with E-state index in [-0.39, 0.29) is 38.0 Å². The summed E-state index contributed by atoms with van der Waals surface area (Å²) in [5, 5.41) is 0. The monoisotopic (exact) mass is 895 g/mol. The Hall–Kier alpha value is -4.71. The molecule has 0 heterocycles. The van der Waals surface area contributed by atoms with Gasteiger partial charge in [0.15, 0.2) is 6.10 Å². The highest BCUT2D eigenvalue weighted by molar-refractivity contribution is 5.71. The van der Waals surface area contributed by atoms with E-state index in [9.17, 15) is 14.4 Å². The Bertz CT molecular complexity index is 1490. The van der Waals surface area contributed by atoms with Crippen LogP contribution in [0.4, 0.5) is 0 Å². The fraction of sp³-hybridized carbons (Fsp3) is 0.542. The molecule has 0 bridgehead atoms. The minimum atomic E-state index is -0.848. The lowest BCUT2D eigenvalue weighted by Gasteiger charge is -2.18. The largest absolute Gasteiger partial charge is 0.462 e. The molecule has 0 aromatic heterocycles. The molecule has 0 aliphatic heterocycles. The van der Waals surface area contributed by atoms with Crippen LogP contribution in [0.25, 0.3) is 0 Å². The second-order valence-corrected chi connectivity index (χ2v) is 16.1. The molecule has 1 unspecified atom stereocenters. The third-order valence-electron chi connectivity index (χ3n) is 9.98. The Morgan fingerprint density at radius 1 is 0.338 bits per heavy atom. The highest BCUT2D eigenvalue weighted by atomic mass is 16.6. The summed E-state index contributed by atoms with van der Waals surface area (Å²) < 4.78 is 16.7. The van der Waals surface area contributed by atoms with E-state index in [0.717, 1.165) is 103 Å². The predicted octanol–water partition coefficient (Wildman–Crippen LogP) is 16.9. The maximum Gasteiger partial charge on any atom is 0.306 e. The van der Waals surface area contributed by atoms with Crippen LogP contribution in [-0.4, -0.2) is 37.2 Å². The molecule has 0 saturated heterocycles. The average molecular weight is 895 g/mol. The van der Waals surface area contributed by atoms with E-state index in [2.05, 4.69) is 118 Å². The smallest absolute Gasteiger partial charge is 0.306 e. The molecule has 0 amide bonds. The third kappa shape index (κ3) is 50.2. The first-order valence-electron chi connectivity index (χ1n) is 25.4. The van der Waals surface area contributed by atoms with Crippen molar-refractivity contribution in [3.05, 3.63) is 146 Å². The highest BCUT2D eigenvalue weighted by Crippen LogP contribution is 2.11. The van der Waals surface area contributed by atoms with Gasteiger partial charge >= 0.3 is 17.9 Å². The lowest BCUT2D eigenvalue weighted by atomic mass is 10.1. The SMILES string of the molecule is CC\C=C/C=C\C=C/C=C\CCCCCC(=O)OCC(COC(=O)CCCCCCC\C=C/C=C\C=C/CCCCCCC)OC(=O)CC/C=C\C/C=C\C/C=C\C/C=C\C/C=C\CC. The maximum absolute atomic E-state index is 12.8. The number of hydrogen-bond donors (Lipinski definition) is 0. The number of carbonyl (C=O) groups excluding carboxylic acids is 3. The van der Waals surface area contributed by atoms with Crippen LogP contribution in [0.5, 0.6) is 0 Å². The van der Waals surface area contributed by atoms with Crippen LogP contribution in [0.3, 0.4) is 0 Å². The van der Waals surface area contributed by atoms with Crippen LogP contribution >= 0.6 is 0 Å². The van der Waals surface area contributed by atoms with Crippen molar-refractivity contribution >= 4 is 17.9 Å². The van der Waals surface area contributed by atoms with Crippen molar-refractivity contribution in [2.45, 2.75) is 194 Å². The van der Waals surface area contributed by atoms with E-state index < -0.39 is 12.1 Å². The van der Waals surface area contributed by atoms with Gasteiger partial charge in [-0.05, 0) is 96.3 Å². The summed E-state index contributed by atoms with van der Waals surface area (Å²) in [5.74, 6) is -1.09. The molecule has 0 fully saturated rings. The molecule has 0 aromatic carbocycles. The van der Waals surface area contributed by atoms with E-state index in [1.807, 2.05) is 48.6 Å².